The molecule has 0 bridgehead atoms. The zero-order valence-electron chi connectivity index (χ0n) is 20.9. The van der Waals surface area contributed by atoms with E-state index >= 15 is 0 Å². The number of hydrogen-bond donors (Lipinski definition) is 0. The number of likely N-dealkylation sites (N-methyl/N-ethyl adjacent to an activating group) is 1. The summed E-state index contributed by atoms with van der Waals surface area (Å²) in [7, 11) is 5.51. The molecular formula is C25H29FN5O2S3+. The minimum atomic E-state index is -0.268. The van der Waals surface area contributed by atoms with Crippen LogP contribution in [0.2, 0.25) is 0 Å². The number of ether oxygens (including phenoxy) is 1. The van der Waals surface area contributed by atoms with Crippen molar-refractivity contribution in [3.05, 3.63) is 68.0 Å². The second-order valence-corrected chi connectivity index (χ2v) is 10.9. The standard InChI is InChI=1S/C25H29FN5O2S3/c1-6-30(16-33-5)25(27-24-29(4)18-12-11-17(26)14-20(18)35-24)34-15-21-31(7-2)23(32)22(36-21)19-10-8-9-13-28(19)3/h8-15H,6-7,16H2,1-5H3/q+1/b21-15-,22-19-. The van der Waals surface area contributed by atoms with Gasteiger partial charge >= 0.3 is 5.13 Å². The van der Waals surface area contributed by atoms with E-state index in [-0.39, 0.29) is 11.4 Å². The maximum absolute atomic E-state index is 13.8. The van der Waals surface area contributed by atoms with Gasteiger partial charge in [0.1, 0.15) is 27.3 Å². The van der Waals surface area contributed by atoms with Gasteiger partial charge in [0.25, 0.3) is 10.7 Å². The fourth-order valence-electron chi connectivity index (χ4n) is 3.74. The molecule has 0 aliphatic carbocycles. The van der Waals surface area contributed by atoms with Gasteiger partial charge in [-0.25, -0.2) is 8.96 Å². The highest BCUT2D eigenvalue weighted by atomic mass is 32.2. The van der Waals surface area contributed by atoms with Gasteiger partial charge in [0.15, 0.2) is 0 Å². The molecule has 0 radical (unpaired) electrons. The van der Waals surface area contributed by atoms with Crippen LogP contribution >= 0.6 is 34.4 Å². The van der Waals surface area contributed by atoms with Gasteiger partial charge in [-0.1, -0.05) is 6.08 Å². The van der Waals surface area contributed by atoms with Crippen LogP contribution < -0.4 is 19.3 Å². The van der Waals surface area contributed by atoms with Gasteiger partial charge in [-0.05, 0) is 72.3 Å². The fraction of sp³-hybridized carbons (Fsp3) is 0.320. The molecule has 1 aromatic carbocycles. The smallest absolute Gasteiger partial charge is 0.364 e. The number of fused-ring (bicyclic) bond motifs is 1. The summed E-state index contributed by atoms with van der Waals surface area (Å²) in [6, 6.07) is 4.75. The average Bonchev–Trinajstić information content (AvgIpc) is 3.35. The minimum Gasteiger partial charge on any atom is -0.364 e. The Kier molecular flexibility index (Phi) is 8.45. The van der Waals surface area contributed by atoms with Crippen molar-refractivity contribution in [1.82, 2.24) is 14.4 Å². The molecule has 3 aromatic rings. The maximum Gasteiger partial charge on any atom is 0.385 e. The largest absolute Gasteiger partial charge is 0.385 e. The summed E-state index contributed by atoms with van der Waals surface area (Å²) in [5.74, 6) is -0.268. The third kappa shape index (κ3) is 5.34. The van der Waals surface area contributed by atoms with Crippen molar-refractivity contribution in [2.75, 3.05) is 27.4 Å². The fourth-order valence-corrected chi connectivity index (χ4v) is 7.03. The molecule has 0 unspecified atom stereocenters. The summed E-state index contributed by atoms with van der Waals surface area (Å²) in [5, 5.41) is 3.46. The highest BCUT2D eigenvalue weighted by Crippen LogP contribution is 2.28. The highest BCUT2D eigenvalue weighted by molar-refractivity contribution is 8.20. The molecule has 0 N–H and O–H groups in total. The van der Waals surface area contributed by atoms with Crippen LogP contribution in [0, 0.1) is 5.82 Å². The molecule has 190 valence electrons. The monoisotopic (exact) mass is 546 g/mol. The Morgan fingerprint density at radius 3 is 2.81 bits per heavy atom. The summed E-state index contributed by atoms with van der Waals surface area (Å²) < 4.78 is 25.3. The van der Waals surface area contributed by atoms with Crippen LogP contribution in [0.3, 0.4) is 0 Å². The number of benzene rings is 1. The van der Waals surface area contributed by atoms with Crippen molar-refractivity contribution in [3.63, 3.8) is 0 Å². The molecule has 0 atom stereocenters. The molecule has 36 heavy (non-hydrogen) atoms. The number of thioether (sulfide) groups is 1. The molecule has 7 nitrogen and oxygen atoms in total. The molecule has 0 amide bonds. The van der Waals surface area contributed by atoms with E-state index in [0.29, 0.717) is 24.4 Å². The lowest BCUT2D eigenvalue weighted by atomic mass is 10.3. The SMILES string of the molecule is CCN(COC)/C(=N/c1sc2cc(F)ccc2[n+]1C)S/C=c1\s/c(=C2/C=CC=CN2C)c(=O)n1CC. The number of aromatic nitrogens is 2. The van der Waals surface area contributed by atoms with Crippen molar-refractivity contribution in [3.8, 4) is 0 Å². The number of allylic oxidation sites excluding steroid dienone is 2. The molecule has 1 aliphatic heterocycles. The van der Waals surface area contributed by atoms with Crippen LogP contribution in [0.25, 0.3) is 21.3 Å². The van der Waals surface area contributed by atoms with Crippen molar-refractivity contribution in [2.45, 2.75) is 20.4 Å². The van der Waals surface area contributed by atoms with Crippen molar-refractivity contribution < 1.29 is 13.7 Å². The van der Waals surface area contributed by atoms with E-state index in [2.05, 4.69) is 0 Å². The first-order valence-electron chi connectivity index (χ1n) is 11.5. The predicted molar refractivity (Wildman–Crippen MR) is 149 cm³/mol. The van der Waals surface area contributed by atoms with Gasteiger partial charge in [-0.3, -0.25) is 9.36 Å². The molecule has 11 heteroatoms. The molecule has 0 spiro atoms. The van der Waals surface area contributed by atoms with Gasteiger partial charge in [0.05, 0.1) is 17.4 Å². The Morgan fingerprint density at radius 1 is 1.31 bits per heavy atom. The van der Waals surface area contributed by atoms with Crippen LogP contribution in [0.4, 0.5) is 9.52 Å². The molecule has 4 rings (SSSR count). The van der Waals surface area contributed by atoms with Gasteiger partial charge < -0.3 is 14.5 Å². The van der Waals surface area contributed by atoms with Gasteiger partial charge in [-0.2, -0.15) is 0 Å². The quantitative estimate of drug-likeness (QED) is 0.206. The van der Waals surface area contributed by atoms with Crippen LogP contribution in [0.5, 0.6) is 0 Å². The first kappa shape index (κ1) is 26.3. The molecule has 1 aliphatic rings. The summed E-state index contributed by atoms with van der Waals surface area (Å²) >= 11 is 4.35. The lowest BCUT2D eigenvalue weighted by molar-refractivity contribution is -0.627. The van der Waals surface area contributed by atoms with Crippen LogP contribution in [0.15, 0.2) is 52.4 Å². The van der Waals surface area contributed by atoms with Gasteiger partial charge in [0.2, 0.25) is 0 Å². The van der Waals surface area contributed by atoms with E-state index in [1.165, 1.54) is 46.6 Å². The lowest BCUT2D eigenvalue weighted by Crippen LogP contribution is -2.34. The lowest BCUT2D eigenvalue weighted by Gasteiger charge is -2.18. The third-order valence-corrected chi connectivity index (χ3v) is 8.96. The van der Waals surface area contributed by atoms with Gasteiger partial charge in [-0.15, -0.1) is 11.3 Å². The Morgan fingerprint density at radius 2 is 2.11 bits per heavy atom. The van der Waals surface area contributed by atoms with E-state index in [9.17, 15) is 9.18 Å². The van der Waals surface area contributed by atoms with Gasteiger partial charge in [0, 0.05) is 38.9 Å². The van der Waals surface area contributed by atoms with Crippen molar-refractivity contribution in [1.29, 1.82) is 0 Å². The molecule has 0 saturated heterocycles. The predicted octanol–water partition coefficient (Wildman–Crippen LogP) is 3.32. The Balaban J connectivity index is 1.82. The number of methoxy groups -OCH3 is 1. The number of aryl methyl sites for hydroxylation is 1. The second-order valence-electron chi connectivity index (χ2n) is 7.98. The normalized spacial score (nSPS) is 16.0. The Labute approximate surface area is 221 Å². The zero-order valence-corrected chi connectivity index (χ0v) is 23.3. The van der Waals surface area contributed by atoms with Crippen LogP contribution in [-0.2, 0) is 18.3 Å². The first-order chi connectivity index (χ1) is 17.4. The maximum atomic E-state index is 13.8. The van der Waals surface area contributed by atoms with Crippen LogP contribution in [-0.4, -0.2) is 47.0 Å². The summed E-state index contributed by atoms with van der Waals surface area (Å²) in [4.78, 5) is 22.1. The first-order valence-corrected chi connectivity index (χ1v) is 14.0. The number of rotatable bonds is 6. The summed E-state index contributed by atoms with van der Waals surface area (Å²) in [5.41, 5.74) is 1.80. The van der Waals surface area contributed by atoms with E-state index in [1.807, 2.05) is 72.1 Å². The molecule has 0 fully saturated rings. The number of aliphatic imine (C=N–C) groups is 1. The second kappa shape index (κ2) is 11.5. The average molecular weight is 547 g/mol. The Hall–Kier alpha value is -2.73. The number of amidine groups is 1. The zero-order chi connectivity index (χ0) is 25.8. The number of nitrogens with zero attached hydrogens (tertiary/aromatic N) is 5. The van der Waals surface area contributed by atoms with Crippen LogP contribution in [0.1, 0.15) is 13.8 Å². The molecular weight excluding hydrogens is 518 g/mol. The van der Waals surface area contributed by atoms with Crippen molar-refractivity contribution in [2.24, 2.45) is 12.0 Å². The van der Waals surface area contributed by atoms with E-state index in [4.69, 9.17) is 9.73 Å². The molecule has 2 aromatic heterocycles. The number of halogens is 1. The summed E-state index contributed by atoms with van der Waals surface area (Å²) in [6.07, 6.45) is 7.78. The number of thiazole rings is 2. The molecule has 0 saturated carbocycles. The van der Waals surface area contributed by atoms with Crippen molar-refractivity contribution >= 4 is 66.1 Å². The number of hydrogen-bond acceptors (Lipinski definition) is 7. The summed E-state index contributed by atoms with van der Waals surface area (Å²) in [6.45, 7) is 5.63. The van der Waals surface area contributed by atoms with E-state index < -0.39 is 0 Å². The highest BCUT2D eigenvalue weighted by Gasteiger charge is 2.22. The minimum absolute atomic E-state index is 0.00295. The third-order valence-electron chi connectivity index (χ3n) is 5.68. The van der Waals surface area contributed by atoms with E-state index in [1.54, 1.807) is 17.7 Å². The Bertz CT molecular complexity index is 1530. The molecule has 3 heterocycles. The topological polar surface area (TPSA) is 53.9 Å². The van der Waals surface area contributed by atoms with E-state index in [0.717, 1.165) is 30.9 Å².